The van der Waals surface area contributed by atoms with E-state index in [2.05, 4.69) is 5.32 Å². The summed E-state index contributed by atoms with van der Waals surface area (Å²) in [5, 5.41) is 29.6. The Morgan fingerprint density at radius 3 is 2.22 bits per heavy atom. The summed E-state index contributed by atoms with van der Waals surface area (Å²) in [5.41, 5.74) is 6.91. The molecule has 1 unspecified atom stereocenters. The fourth-order valence-electron chi connectivity index (χ4n) is 2.14. The Morgan fingerprint density at radius 2 is 1.78 bits per heavy atom. The van der Waals surface area contributed by atoms with E-state index in [1.54, 1.807) is 12.1 Å². The molecule has 0 radical (unpaired) electrons. The van der Waals surface area contributed by atoms with E-state index in [0.29, 0.717) is 11.9 Å². The van der Waals surface area contributed by atoms with E-state index in [9.17, 15) is 9.59 Å². The van der Waals surface area contributed by atoms with Gasteiger partial charge in [-0.2, -0.15) is 0 Å². The van der Waals surface area contributed by atoms with Gasteiger partial charge in [0.25, 0.3) is 0 Å². The quantitative estimate of drug-likeness (QED) is 0.384. The summed E-state index contributed by atoms with van der Waals surface area (Å²) in [7, 11) is -1.55. The summed E-state index contributed by atoms with van der Waals surface area (Å²) in [6.07, 6.45) is 0.554. The molecule has 0 aromatic heterocycles. The first-order valence-electron chi connectivity index (χ1n) is 7.44. The van der Waals surface area contributed by atoms with Gasteiger partial charge in [-0.05, 0) is 29.8 Å². The van der Waals surface area contributed by atoms with Crippen LogP contribution in [0, 0.1) is 5.92 Å². The number of nitrogens with two attached hydrogens (primary N) is 1. The number of nitrogens with one attached hydrogen (secondary N) is 1. The Bertz CT molecular complexity index is 533. The minimum atomic E-state index is -1.55. The third-order valence-corrected chi connectivity index (χ3v) is 3.39. The molecule has 1 rings (SSSR count). The maximum atomic E-state index is 12.0. The highest BCUT2D eigenvalue weighted by Crippen LogP contribution is 2.06. The molecule has 0 bridgehead atoms. The normalized spacial score (nSPS) is 13.5. The van der Waals surface area contributed by atoms with Gasteiger partial charge in [-0.1, -0.05) is 38.1 Å². The fourth-order valence-corrected chi connectivity index (χ4v) is 2.14. The predicted molar refractivity (Wildman–Crippen MR) is 87.0 cm³/mol. The molecule has 23 heavy (non-hydrogen) atoms. The molecule has 126 valence electrons. The van der Waals surface area contributed by atoms with Gasteiger partial charge in [0, 0.05) is 0 Å². The molecule has 0 aliphatic heterocycles. The number of carbonyl (C=O) groups excluding carboxylic acids is 1. The van der Waals surface area contributed by atoms with Crippen molar-refractivity contribution in [3.63, 3.8) is 0 Å². The van der Waals surface area contributed by atoms with E-state index in [-0.39, 0.29) is 12.3 Å². The van der Waals surface area contributed by atoms with Crippen molar-refractivity contribution < 1.29 is 24.7 Å². The number of hydrogen-bond donors (Lipinski definition) is 5. The van der Waals surface area contributed by atoms with Crippen LogP contribution in [0.5, 0.6) is 0 Å². The van der Waals surface area contributed by atoms with E-state index < -0.39 is 31.1 Å². The van der Waals surface area contributed by atoms with Crippen molar-refractivity contribution in [1.82, 2.24) is 5.32 Å². The van der Waals surface area contributed by atoms with Gasteiger partial charge in [-0.15, -0.1) is 0 Å². The Balaban J connectivity index is 2.63. The molecular weight excluding hydrogens is 299 g/mol. The standard InChI is InChI=1S/C15H23BN2O5/c1-9(2)7-13(15(20)21)18-14(19)12(17)8-10-3-5-11(6-4-10)16(22)23/h3-6,9,12-13,22-23H,7-8,17H2,1-2H3,(H,18,19)(H,20,21)/t12?,13-/m0/s1. The molecule has 0 saturated heterocycles. The van der Waals surface area contributed by atoms with Crippen LogP contribution >= 0.6 is 0 Å². The SMILES string of the molecule is CC(C)C[C@H](NC(=O)C(N)Cc1ccc(B(O)O)cc1)C(=O)O. The van der Waals surface area contributed by atoms with Crippen LogP contribution in [0.2, 0.25) is 0 Å². The number of carboxylic acid groups (broad SMARTS) is 1. The fraction of sp³-hybridized carbons (Fsp3) is 0.467. The maximum absolute atomic E-state index is 12.0. The van der Waals surface area contributed by atoms with E-state index in [0.717, 1.165) is 5.56 Å². The molecule has 8 heteroatoms. The molecule has 0 aliphatic rings. The molecule has 0 spiro atoms. The smallest absolute Gasteiger partial charge is 0.480 e. The van der Waals surface area contributed by atoms with Crippen LogP contribution in [-0.2, 0) is 16.0 Å². The topological polar surface area (TPSA) is 133 Å². The summed E-state index contributed by atoms with van der Waals surface area (Å²) >= 11 is 0. The number of amides is 1. The van der Waals surface area contributed by atoms with E-state index in [4.69, 9.17) is 20.9 Å². The number of rotatable bonds is 8. The Kier molecular flexibility index (Phi) is 7.21. The molecule has 7 nitrogen and oxygen atoms in total. The van der Waals surface area contributed by atoms with Gasteiger partial charge in [0.2, 0.25) is 5.91 Å². The van der Waals surface area contributed by atoms with Gasteiger partial charge in [0.1, 0.15) is 6.04 Å². The zero-order valence-electron chi connectivity index (χ0n) is 13.3. The maximum Gasteiger partial charge on any atom is 0.488 e. The predicted octanol–water partition coefficient (Wildman–Crippen LogP) is -1.15. The Hall–Kier alpha value is -1.90. The average molecular weight is 322 g/mol. The third-order valence-electron chi connectivity index (χ3n) is 3.39. The molecule has 0 heterocycles. The van der Waals surface area contributed by atoms with Crippen LogP contribution in [0.3, 0.4) is 0 Å². The van der Waals surface area contributed by atoms with Gasteiger partial charge < -0.3 is 26.2 Å². The Labute approximate surface area is 135 Å². The lowest BCUT2D eigenvalue weighted by Gasteiger charge is -2.19. The van der Waals surface area contributed by atoms with E-state index in [1.165, 1.54) is 12.1 Å². The molecule has 1 aromatic carbocycles. The number of aliphatic carboxylic acids is 1. The lowest BCUT2D eigenvalue weighted by atomic mass is 9.80. The summed E-state index contributed by atoms with van der Waals surface area (Å²) in [5.74, 6) is -1.48. The molecule has 1 amide bonds. The third kappa shape index (κ3) is 6.39. The molecule has 0 fully saturated rings. The lowest BCUT2D eigenvalue weighted by molar-refractivity contribution is -0.142. The zero-order valence-corrected chi connectivity index (χ0v) is 13.3. The van der Waals surface area contributed by atoms with Crippen LogP contribution in [0.15, 0.2) is 24.3 Å². The molecular formula is C15H23BN2O5. The van der Waals surface area contributed by atoms with Gasteiger partial charge in [-0.3, -0.25) is 4.79 Å². The van der Waals surface area contributed by atoms with Crippen LogP contribution in [0.4, 0.5) is 0 Å². The lowest BCUT2D eigenvalue weighted by Crippen LogP contribution is -2.49. The van der Waals surface area contributed by atoms with Gasteiger partial charge in [0.05, 0.1) is 6.04 Å². The van der Waals surface area contributed by atoms with E-state index >= 15 is 0 Å². The first-order chi connectivity index (χ1) is 10.7. The van der Waals surface area contributed by atoms with Crippen molar-refractivity contribution in [3.05, 3.63) is 29.8 Å². The van der Waals surface area contributed by atoms with Crippen molar-refractivity contribution in [2.45, 2.75) is 38.8 Å². The minimum Gasteiger partial charge on any atom is -0.480 e. The largest absolute Gasteiger partial charge is 0.488 e. The van der Waals surface area contributed by atoms with Crippen LogP contribution in [-0.4, -0.2) is 46.2 Å². The van der Waals surface area contributed by atoms with Gasteiger partial charge in [0.15, 0.2) is 0 Å². The minimum absolute atomic E-state index is 0.130. The second-order valence-electron chi connectivity index (χ2n) is 5.95. The molecule has 1 aromatic rings. The van der Waals surface area contributed by atoms with Crippen molar-refractivity contribution >= 4 is 24.5 Å². The zero-order chi connectivity index (χ0) is 17.6. The highest BCUT2D eigenvalue weighted by atomic mass is 16.4. The first-order valence-corrected chi connectivity index (χ1v) is 7.44. The number of benzene rings is 1. The van der Waals surface area contributed by atoms with Crippen molar-refractivity contribution in [3.8, 4) is 0 Å². The number of hydrogen-bond acceptors (Lipinski definition) is 5. The molecule has 2 atom stereocenters. The molecule has 0 saturated carbocycles. The van der Waals surface area contributed by atoms with Gasteiger partial charge in [-0.25, -0.2) is 4.79 Å². The number of carboxylic acids is 1. The Morgan fingerprint density at radius 1 is 1.22 bits per heavy atom. The van der Waals surface area contributed by atoms with Gasteiger partial charge >= 0.3 is 13.1 Å². The summed E-state index contributed by atoms with van der Waals surface area (Å²) in [6, 6.07) is 4.51. The average Bonchev–Trinajstić information content (AvgIpc) is 2.46. The van der Waals surface area contributed by atoms with Crippen LogP contribution in [0.25, 0.3) is 0 Å². The highest BCUT2D eigenvalue weighted by molar-refractivity contribution is 6.58. The second-order valence-corrected chi connectivity index (χ2v) is 5.95. The van der Waals surface area contributed by atoms with E-state index in [1.807, 2.05) is 13.8 Å². The summed E-state index contributed by atoms with van der Waals surface area (Å²) in [4.78, 5) is 23.2. The summed E-state index contributed by atoms with van der Waals surface area (Å²) in [6.45, 7) is 3.75. The molecule has 0 aliphatic carbocycles. The van der Waals surface area contributed by atoms with Crippen molar-refractivity contribution in [2.24, 2.45) is 11.7 Å². The monoisotopic (exact) mass is 322 g/mol. The van der Waals surface area contributed by atoms with Crippen molar-refractivity contribution in [2.75, 3.05) is 0 Å². The number of carbonyl (C=O) groups is 2. The first kappa shape index (κ1) is 19.2. The summed E-state index contributed by atoms with van der Waals surface area (Å²) < 4.78 is 0. The molecule has 6 N–H and O–H groups in total. The van der Waals surface area contributed by atoms with Crippen molar-refractivity contribution in [1.29, 1.82) is 0 Å². The van der Waals surface area contributed by atoms with Crippen LogP contribution in [0.1, 0.15) is 25.8 Å². The second kappa shape index (κ2) is 8.66. The highest BCUT2D eigenvalue weighted by Gasteiger charge is 2.24. The van der Waals surface area contributed by atoms with Crippen LogP contribution < -0.4 is 16.5 Å².